The molecule has 0 saturated carbocycles. The second-order valence-corrected chi connectivity index (χ2v) is 6.77. The lowest BCUT2D eigenvalue weighted by molar-refractivity contribution is -0.120. The number of imidazole rings is 1. The first-order valence-corrected chi connectivity index (χ1v) is 8.09. The quantitative estimate of drug-likeness (QED) is 0.831. The second-order valence-electron chi connectivity index (χ2n) is 5.46. The van der Waals surface area contributed by atoms with Crippen molar-refractivity contribution in [3.05, 3.63) is 42.5 Å². The summed E-state index contributed by atoms with van der Waals surface area (Å²) in [5.41, 5.74) is 0.690. The van der Waals surface area contributed by atoms with E-state index in [1.165, 1.54) is 23.9 Å². The van der Waals surface area contributed by atoms with E-state index in [0.717, 1.165) is 0 Å². The summed E-state index contributed by atoms with van der Waals surface area (Å²) in [5.74, 6) is 0.0906. The number of benzene rings is 1. The Morgan fingerprint density at radius 1 is 1.41 bits per heavy atom. The van der Waals surface area contributed by atoms with Crippen molar-refractivity contribution in [2.75, 3.05) is 6.54 Å². The zero-order chi connectivity index (χ0) is 16.1. The molecule has 0 fully saturated rings. The Kier molecular flexibility index (Phi) is 5.60. The fourth-order valence-corrected chi connectivity index (χ4v) is 2.77. The Morgan fingerprint density at radius 3 is 2.86 bits per heavy atom. The fourth-order valence-electron chi connectivity index (χ4n) is 1.86. The van der Waals surface area contributed by atoms with Crippen molar-refractivity contribution >= 4 is 17.7 Å². The standard InChI is InChI=1S/C16H20FN3OS/c1-11(2)10-19-15(21)12(3)22-16-18-7-8-20(16)14-6-4-5-13(17)9-14/h4-9,11-12H,10H2,1-3H3,(H,19,21)/t12-/m0/s1. The first kappa shape index (κ1) is 16.5. The van der Waals surface area contributed by atoms with Gasteiger partial charge in [0.05, 0.1) is 10.9 Å². The van der Waals surface area contributed by atoms with Crippen LogP contribution >= 0.6 is 11.8 Å². The van der Waals surface area contributed by atoms with E-state index < -0.39 is 0 Å². The highest BCUT2D eigenvalue weighted by Crippen LogP contribution is 2.24. The van der Waals surface area contributed by atoms with Gasteiger partial charge in [-0.2, -0.15) is 0 Å². The number of amides is 1. The molecule has 1 aromatic heterocycles. The molecule has 1 heterocycles. The van der Waals surface area contributed by atoms with Crippen LogP contribution in [0.4, 0.5) is 4.39 Å². The van der Waals surface area contributed by atoms with Crippen LogP contribution in [0, 0.1) is 11.7 Å². The first-order chi connectivity index (χ1) is 10.5. The van der Waals surface area contributed by atoms with E-state index in [1.54, 1.807) is 29.1 Å². The minimum absolute atomic E-state index is 0.0208. The minimum Gasteiger partial charge on any atom is -0.355 e. The van der Waals surface area contributed by atoms with E-state index in [-0.39, 0.29) is 17.0 Å². The predicted octanol–water partition coefficient (Wildman–Crippen LogP) is 3.26. The van der Waals surface area contributed by atoms with E-state index in [4.69, 9.17) is 0 Å². The zero-order valence-corrected chi connectivity index (χ0v) is 13.7. The molecule has 118 valence electrons. The van der Waals surface area contributed by atoms with Crippen molar-refractivity contribution in [3.8, 4) is 5.69 Å². The molecule has 1 amide bonds. The molecule has 0 aliphatic carbocycles. The van der Waals surface area contributed by atoms with Crippen LogP contribution < -0.4 is 5.32 Å². The van der Waals surface area contributed by atoms with Gasteiger partial charge in [0.2, 0.25) is 5.91 Å². The van der Waals surface area contributed by atoms with Gasteiger partial charge in [-0.3, -0.25) is 9.36 Å². The molecular formula is C16H20FN3OS. The van der Waals surface area contributed by atoms with Gasteiger partial charge in [-0.15, -0.1) is 0 Å². The third-order valence-electron chi connectivity index (χ3n) is 3.03. The number of aromatic nitrogens is 2. The van der Waals surface area contributed by atoms with Crippen LogP contribution in [-0.4, -0.2) is 27.3 Å². The third-order valence-corrected chi connectivity index (χ3v) is 4.11. The molecule has 0 bridgehead atoms. The number of rotatable bonds is 6. The van der Waals surface area contributed by atoms with Crippen molar-refractivity contribution in [2.45, 2.75) is 31.2 Å². The van der Waals surface area contributed by atoms with Crippen LogP contribution in [0.1, 0.15) is 20.8 Å². The second kappa shape index (κ2) is 7.45. The number of halogens is 1. The summed E-state index contributed by atoms with van der Waals surface area (Å²) in [7, 11) is 0. The van der Waals surface area contributed by atoms with Crippen molar-refractivity contribution in [1.29, 1.82) is 0 Å². The molecule has 1 N–H and O–H groups in total. The molecule has 0 aliphatic heterocycles. The highest BCUT2D eigenvalue weighted by Gasteiger charge is 2.17. The SMILES string of the molecule is CC(C)CNC(=O)[C@H](C)Sc1nccn1-c1cccc(F)c1. The minimum atomic E-state index is -0.301. The molecule has 4 nitrogen and oxygen atoms in total. The average Bonchev–Trinajstić information content (AvgIpc) is 2.92. The average molecular weight is 321 g/mol. The van der Waals surface area contributed by atoms with Crippen LogP contribution in [0.3, 0.4) is 0 Å². The van der Waals surface area contributed by atoms with E-state index in [9.17, 15) is 9.18 Å². The zero-order valence-electron chi connectivity index (χ0n) is 12.9. The molecule has 2 aromatic rings. The van der Waals surface area contributed by atoms with Gasteiger partial charge >= 0.3 is 0 Å². The summed E-state index contributed by atoms with van der Waals surface area (Å²) >= 11 is 1.35. The summed E-state index contributed by atoms with van der Waals surface area (Å²) in [4.78, 5) is 16.3. The van der Waals surface area contributed by atoms with Gasteiger partial charge in [-0.05, 0) is 31.0 Å². The van der Waals surface area contributed by atoms with Gasteiger partial charge in [0, 0.05) is 18.9 Å². The van der Waals surface area contributed by atoms with Gasteiger partial charge in [0.1, 0.15) is 5.82 Å². The van der Waals surface area contributed by atoms with Crippen LogP contribution in [0.2, 0.25) is 0 Å². The van der Waals surface area contributed by atoms with Gasteiger partial charge in [0.15, 0.2) is 5.16 Å². The summed E-state index contributed by atoms with van der Waals surface area (Å²) in [6, 6.07) is 6.29. The number of nitrogens with one attached hydrogen (secondary N) is 1. The van der Waals surface area contributed by atoms with E-state index in [2.05, 4.69) is 24.1 Å². The molecule has 0 saturated heterocycles. The highest BCUT2D eigenvalue weighted by atomic mass is 32.2. The van der Waals surface area contributed by atoms with Crippen LogP contribution in [0.15, 0.2) is 41.8 Å². The van der Waals surface area contributed by atoms with Gasteiger partial charge in [-0.25, -0.2) is 9.37 Å². The van der Waals surface area contributed by atoms with Crippen molar-refractivity contribution in [1.82, 2.24) is 14.9 Å². The van der Waals surface area contributed by atoms with Crippen LogP contribution in [0.25, 0.3) is 5.69 Å². The Morgan fingerprint density at radius 2 is 2.18 bits per heavy atom. The van der Waals surface area contributed by atoms with Crippen LogP contribution in [-0.2, 0) is 4.79 Å². The van der Waals surface area contributed by atoms with E-state index in [0.29, 0.717) is 23.3 Å². The number of nitrogens with zero attached hydrogens (tertiary/aromatic N) is 2. The molecule has 6 heteroatoms. The van der Waals surface area contributed by atoms with Gasteiger partial charge in [-0.1, -0.05) is 31.7 Å². The summed E-state index contributed by atoms with van der Waals surface area (Å²) in [6.07, 6.45) is 3.40. The maximum absolute atomic E-state index is 13.4. The van der Waals surface area contributed by atoms with Gasteiger partial charge in [0.25, 0.3) is 0 Å². The number of hydrogen-bond donors (Lipinski definition) is 1. The molecule has 22 heavy (non-hydrogen) atoms. The van der Waals surface area contributed by atoms with Crippen LogP contribution in [0.5, 0.6) is 0 Å². The highest BCUT2D eigenvalue weighted by molar-refractivity contribution is 8.00. The molecule has 0 aliphatic rings. The Hall–Kier alpha value is -1.82. The summed E-state index contributed by atoms with van der Waals surface area (Å²) in [5, 5.41) is 3.30. The smallest absolute Gasteiger partial charge is 0.233 e. The first-order valence-electron chi connectivity index (χ1n) is 7.21. The van der Waals surface area contributed by atoms with Crippen molar-refractivity contribution in [3.63, 3.8) is 0 Å². The lowest BCUT2D eigenvalue weighted by Gasteiger charge is -2.14. The van der Waals surface area contributed by atoms with Crippen molar-refractivity contribution in [2.24, 2.45) is 5.92 Å². The number of thioether (sulfide) groups is 1. The molecule has 1 atom stereocenters. The monoisotopic (exact) mass is 321 g/mol. The van der Waals surface area contributed by atoms with Crippen molar-refractivity contribution < 1.29 is 9.18 Å². The molecule has 1 aromatic carbocycles. The van der Waals surface area contributed by atoms with Gasteiger partial charge < -0.3 is 5.32 Å². The Labute approximate surface area is 134 Å². The lowest BCUT2D eigenvalue weighted by Crippen LogP contribution is -2.33. The third kappa shape index (κ3) is 4.34. The normalized spacial score (nSPS) is 12.4. The molecule has 0 radical (unpaired) electrons. The molecular weight excluding hydrogens is 301 g/mol. The number of carbonyl (C=O) groups excluding carboxylic acids is 1. The summed E-state index contributed by atoms with van der Waals surface area (Å²) < 4.78 is 15.1. The number of hydrogen-bond acceptors (Lipinski definition) is 3. The predicted molar refractivity (Wildman–Crippen MR) is 86.7 cm³/mol. The summed E-state index contributed by atoms with van der Waals surface area (Å²) in [6.45, 7) is 6.59. The van der Waals surface area contributed by atoms with E-state index in [1.807, 2.05) is 6.92 Å². The molecule has 2 rings (SSSR count). The molecule has 0 unspecified atom stereocenters. The molecule has 0 spiro atoms. The topological polar surface area (TPSA) is 46.9 Å². The lowest BCUT2D eigenvalue weighted by atomic mass is 10.2. The maximum Gasteiger partial charge on any atom is 0.233 e. The number of carbonyl (C=O) groups is 1. The largest absolute Gasteiger partial charge is 0.355 e. The van der Waals surface area contributed by atoms with E-state index >= 15 is 0 Å². The fraction of sp³-hybridized carbons (Fsp3) is 0.375. The Bertz CT molecular complexity index is 642. The maximum atomic E-state index is 13.4. The Balaban J connectivity index is 2.08.